The average molecular weight is 333 g/mol. The molecule has 6 heteroatoms. The van der Waals surface area contributed by atoms with Crippen molar-refractivity contribution in [3.8, 4) is 11.3 Å². The predicted molar refractivity (Wildman–Crippen MR) is 74.4 cm³/mol. The van der Waals surface area contributed by atoms with Crippen LogP contribution in [0.4, 0.5) is 4.39 Å². The fourth-order valence-corrected chi connectivity index (χ4v) is 1.76. The van der Waals surface area contributed by atoms with Crippen LogP contribution in [0.15, 0.2) is 40.8 Å². The second-order valence-corrected chi connectivity index (χ2v) is 4.75. The van der Waals surface area contributed by atoms with Gasteiger partial charge in [-0.05, 0) is 50.5 Å². The third kappa shape index (κ3) is 6.48. The quantitative estimate of drug-likeness (QED) is 0.563. The molecule has 0 amide bonds. The number of hydrogen-bond acceptors (Lipinski definition) is 3. The van der Waals surface area contributed by atoms with Gasteiger partial charge < -0.3 is 39.4 Å². The van der Waals surface area contributed by atoms with Crippen LogP contribution in [0, 0.1) is 5.82 Å². The number of nitrogens with zero attached hydrogens (tertiary/aromatic N) is 1. The van der Waals surface area contributed by atoms with Gasteiger partial charge in [0.1, 0.15) is 17.3 Å². The van der Waals surface area contributed by atoms with Gasteiger partial charge in [-0.2, -0.15) is 0 Å². The van der Waals surface area contributed by atoms with E-state index < -0.39 is 0 Å². The van der Waals surface area contributed by atoms with Crippen LogP contribution in [0.1, 0.15) is 5.76 Å². The fourth-order valence-electron chi connectivity index (χ4n) is 1.76. The van der Waals surface area contributed by atoms with E-state index in [0.29, 0.717) is 6.54 Å². The van der Waals surface area contributed by atoms with E-state index in [4.69, 9.17) is 4.42 Å². The molecule has 1 aromatic carbocycles. The first-order valence-corrected chi connectivity index (χ1v) is 6.35. The fraction of sp³-hybridized carbons (Fsp3) is 0.333. The van der Waals surface area contributed by atoms with Crippen LogP contribution < -0.4 is 30.1 Å². The van der Waals surface area contributed by atoms with Gasteiger partial charge in [-0.15, -0.1) is 0 Å². The maximum atomic E-state index is 12.8. The molecule has 2 rings (SSSR count). The second kappa shape index (κ2) is 9.79. The zero-order valence-electron chi connectivity index (χ0n) is 12.1. The molecule has 3 nitrogen and oxygen atoms in total. The van der Waals surface area contributed by atoms with Crippen molar-refractivity contribution < 1.29 is 33.6 Å². The molecule has 1 heterocycles. The van der Waals surface area contributed by atoms with Crippen LogP contribution in [0.3, 0.4) is 0 Å². The molecule has 1 aromatic heterocycles. The standard InChI is InChI=1S/C15H19FN2O.2ClH/c1-18(2)10-9-17-11-14-7-8-15(19-14)12-3-5-13(16)6-4-12;;/h3-8,17H,9-11H2,1-2H3;2*1H/p-2. The SMILES string of the molecule is CN(C)CCNCc1ccc(-c2ccc(F)cc2)o1.[Cl-].[Cl-]. The molecule has 0 bridgehead atoms. The molecular weight excluding hydrogens is 314 g/mol. The van der Waals surface area contributed by atoms with Gasteiger partial charge in [0.05, 0.1) is 6.54 Å². The summed E-state index contributed by atoms with van der Waals surface area (Å²) in [5.41, 5.74) is 0.890. The molecule has 0 unspecified atom stereocenters. The van der Waals surface area contributed by atoms with E-state index in [1.165, 1.54) is 12.1 Å². The minimum absolute atomic E-state index is 0. The van der Waals surface area contributed by atoms with Crippen molar-refractivity contribution in [1.82, 2.24) is 10.2 Å². The molecule has 0 saturated heterocycles. The molecular formula is C15H19Cl2FN2O-2. The monoisotopic (exact) mass is 332 g/mol. The first-order chi connectivity index (χ1) is 9.15. The summed E-state index contributed by atoms with van der Waals surface area (Å²) in [5.74, 6) is 1.42. The molecule has 0 radical (unpaired) electrons. The van der Waals surface area contributed by atoms with E-state index >= 15 is 0 Å². The van der Waals surface area contributed by atoms with Gasteiger partial charge in [-0.1, -0.05) is 0 Å². The molecule has 0 aliphatic carbocycles. The predicted octanol–water partition coefficient (Wildman–Crippen LogP) is -3.26. The lowest BCUT2D eigenvalue weighted by atomic mass is 10.2. The Morgan fingerprint density at radius 2 is 1.71 bits per heavy atom. The van der Waals surface area contributed by atoms with E-state index in [2.05, 4.69) is 10.2 Å². The third-order valence-corrected chi connectivity index (χ3v) is 2.83. The minimum Gasteiger partial charge on any atom is -1.00 e. The summed E-state index contributed by atoms with van der Waals surface area (Å²) in [6.07, 6.45) is 0. The highest BCUT2D eigenvalue weighted by molar-refractivity contribution is 5.57. The summed E-state index contributed by atoms with van der Waals surface area (Å²) in [6, 6.07) is 10.2. The van der Waals surface area contributed by atoms with Crippen LogP contribution in [0.2, 0.25) is 0 Å². The number of furan rings is 1. The Morgan fingerprint density at radius 3 is 2.33 bits per heavy atom. The van der Waals surface area contributed by atoms with Crippen LogP contribution in [0.5, 0.6) is 0 Å². The van der Waals surface area contributed by atoms with Crippen molar-refractivity contribution in [1.29, 1.82) is 0 Å². The summed E-state index contributed by atoms with van der Waals surface area (Å²) in [7, 11) is 4.09. The van der Waals surface area contributed by atoms with Crippen LogP contribution in [-0.2, 0) is 6.54 Å². The zero-order chi connectivity index (χ0) is 13.7. The van der Waals surface area contributed by atoms with E-state index in [9.17, 15) is 4.39 Å². The Hall–Kier alpha value is -1.07. The van der Waals surface area contributed by atoms with Crippen molar-refractivity contribution in [2.45, 2.75) is 6.54 Å². The molecule has 0 saturated carbocycles. The summed E-state index contributed by atoms with van der Waals surface area (Å²) in [5, 5.41) is 3.31. The zero-order valence-corrected chi connectivity index (χ0v) is 13.6. The van der Waals surface area contributed by atoms with Crippen LogP contribution in [-0.4, -0.2) is 32.1 Å². The van der Waals surface area contributed by atoms with Crippen molar-refractivity contribution >= 4 is 0 Å². The number of likely N-dealkylation sites (N-methyl/N-ethyl adjacent to an activating group) is 1. The Labute approximate surface area is 137 Å². The normalized spacial score (nSPS) is 10.1. The van der Waals surface area contributed by atoms with Crippen molar-refractivity contribution in [2.75, 3.05) is 27.2 Å². The molecule has 0 fully saturated rings. The lowest BCUT2D eigenvalue weighted by Gasteiger charge is -2.09. The maximum Gasteiger partial charge on any atom is 0.134 e. The molecule has 0 aliphatic rings. The van der Waals surface area contributed by atoms with Crippen molar-refractivity contribution in [3.63, 3.8) is 0 Å². The van der Waals surface area contributed by atoms with Crippen LogP contribution in [0.25, 0.3) is 11.3 Å². The first-order valence-electron chi connectivity index (χ1n) is 6.35. The van der Waals surface area contributed by atoms with Gasteiger partial charge in [0.25, 0.3) is 0 Å². The van der Waals surface area contributed by atoms with Gasteiger partial charge in [0, 0.05) is 18.7 Å². The van der Waals surface area contributed by atoms with E-state index in [1.807, 2.05) is 26.2 Å². The molecule has 21 heavy (non-hydrogen) atoms. The van der Waals surface area contributed by atoms with Gasteiger partial charge in [-0.3, -0.25) is 0 Å². The number of rotatable bonds is 6. The summed E-state index contributed by atoms with van der Waals surface area (Å²) in [4.78, 5) is 2.12. The Balaban J connectivity index is 0.00000200. The largest absolute Gasteiger partial charge is 1.00 e. The lowest BCUT2D eigenvalue weighted by molar-refractivity contribution is -0.00100. The van der Waals surface area contributed by atoms with E-state index in [0.717, 1.165) is 30.2 Å². The molecule has 0 spiro atoms. The Morgan fingerprint density at radius 1 is 1.05 bits per heavy atom. The molecule has 118 valence electrons. The Kier molecular flexibility index (Phi) is 9.29. The van der Waals surface area contributed by atoms with Crippen LogP contribution >= 0.6 is 0 Å². The van der Waals surface area contributed by atoms with Gasteiger partial charge in [0.2, 0.25) is 0 Å². The minimum atomic E-state index is -0.235. The number of halogens is 3. The van der Waals surface area contributed by atoms with Crippen molar-refractivity contribution in [2.24, 2.45) is 0 Å². The second-order valence-electron chi connectivity index (χ2n) is 4.75. The smallest absolute Gasteiger partial charge is 0.134 e. The average Bonchev–Trinajstić information content (AvgIpc) is 2.84. The highest BCUT2D eigenvalue weighted by Gasteiger charge is 2.04. The lowest BCUT2D eigenvalue weighted by Crippen LogP contribution is -3.00. The van der Waals surface area contributed by atoms with Crippen molar-refractivity contribution in [3.05, 3.63) is 48.0 Å². The number of hydrogen-bond donors (Lipinski definition) is 1. The summed E-state index contributed by atoms with van der Waals surface area (Å²) in [6.45, 7) is 2.61. The number of benzene rings is 1. The third-order valence-electron chi connectivity index (χ3n) is 2.83. The first kappa shape index (κ1) is 19.9. The van der Waals surface area contributed by atoms with Gasteiger partial charge >= 0.3 is 0 Å². The van der Waals surface area contributed by atoms with E-state index in [1.54, 1.807) is 12.1 Å². The highest BCUT2D eigenvalue weighted by atomic mass is 35.5. The highest BCUT2D eigenvalue weighted by Crippen LogP contribution is 2.22. The molecule has 2 aromatic rings. The van der Waals surface area contributed by atoms with E-state index in [-0.39, 0.29) is 30.6 Å². The van der Waals surface area contributed by atoms with Gasteiger partial charge in [-0.25, -0.2) is 4.39 Å². The van der Waals surface area contributed by atoms with Gasteiger partial charge in [0.15, 0.2) is 0 Å². The molecule has 0 atom stereocenters. The molecule has 0 aliphatic heterocycles. The maximum absolute atomic E-state index is 12.8. The summed E-state index contributed by atoms with van der Waals surface area (Å²) < 4.78 is 18.6. The Bertz CT molecular complexity index is 515. The number of nitrogens with one attached hydrogen (secondary N) is 1. The topological polar surface area (TPSA) is 28.4 Å². The molecule has 1 N–H and O–H groups in total. The summed E-state index contributed by atoms with van der Waals surface area (Å²) >= 11 is 0.